The van der Waals surface area contributed by atoms with Crippen LogP contribution in [-0.4, -0.2) is 12.1 Å². The van der Waals surface area contributed by atoms with Crippen molar-refractivity contribution < 1.29 is 4.74 Å². The molecule has 18 heavy (non-hydrogen) atoms. The molecule has 0 fully saturated rings. The highest BCUT2D eigenvalue weighted by atomic mass is 35.5. The van der Waals surface area contributed by atoms with Crippen LogP contribution in [0, 0.1) is 0 Å². The van der Waals surface area contributed by atoms with Crippen LogP contribution in [0.1, 0.15) is 16.5 Å². The molecule has 0 aliphatic rings. The number of benzene rings is 1. The van der Waals surface area contributed by atoms with Gasteiger partial charge in [0.2, 0.25) is 0 Å². The molecule has 2 nitrogen and oxygen atoms in total. The number of ether oxygens (including phenoxy) is 1. The molecule has 1 aromatic heterocycles. The number of methoxy groups -OCH3 is 1. The van der Waals surface area contributed by atoms with Crippen LogP contribution < -0.4 is 4.74 Å². The van der Waals surface area contributed by atoms with E-state index in [9.17, 15) is 0 Å². The quantitative estimate of drug-likeness (QED) is 0.781. The molecule has 0 radical (unpaired) electrons. The molecule has 1 unspecified atom stereocenters. The molecule has 0 saturated carbocycles. The van der Waals surface area contributed by atoms with Gasteiger partial charge in [0, 0.05) is 12.4 Å². The first-order valence-corrected chi connectivity index (χ1v) is 6.38. The van der Waals surface area contributed by atoms with Crippen molar-refractivity contribution in [2.75, 3.05) is 7.11 Å². The van der Waals surface area contributed by atoms with Crippen LogP contribution in [0.5, 0.6) is 5.75 Å². The molecule has 1 aromatic carbocycles. The van der Waals surface area contributed by atoms with E-state index in [1.54, 1.807) is 19.5 Å². The molecule has 0 bridgehead atoms. The Balaban J connectivity index is 2.16. The molecular weight excluding hydrogens is 269 g/mol. The second-order valence-electron chi connectivity index (χ2n) is 3.92. The van der Waals surface area contributed by atoms with Gasteiger partial charge in [-0.15, -0.1) is 11.6 Å². The molecule has 94 valence electrons. The second-order valence-corrected chi connectivity index (χ2v) is 4.85. The van der Waals surface area contributed by atoms with Gasteiger partial charge in [-0.05, 0) is 35.7 Å². The van der Waals surface area contributed by atoms with E-state index in [0.29, 0.717) is 11.4 Å². The van der Waals surface area contributed by atoms with Crippen molar-refractivity contribution in [2.45, 2.75) is 11.8 Å². The van der Waals surface area contributed by atoms with E-state index in [1.807, 2.05) is 30.3 Å². The van der Waals surface area contributed by atoms with Crippen molar-refractivity contribution in [2.24, 2.45) is 0 Å². The molecule has 1 heterocycles. The Bertz CT molecular complexity index is 531. The highest BCUT2D eigenvalue weighted by Gasteiger charge is 2.11. The Hall–Kier alpha value is -1.25. The molecule has 0 aliphatic carbocycles. The number of halogens is 2. The third-order valence-corrected chi connectivity index (χ3v) is 3.46. The SMILES string of the molecule is COc1cccc(C(Cl)Cc2ccncc2Cl)c1. The molecule has 0 aliphatic heterocycles. The van der Waals surface area contributed by atoms with E-state index in [-0.39, 0.29) is 5.38 Å². The van der Waals surface area contributed by atoms with Gasteiger partial charge in [-0.3, -0.25) is 4.98 Å². The van der Waals surface area contributed by atoms with E-state index >= 15 is 0 Å². The summed E-state index contributed by atoms with van der Waals surface area (Å²) in [6, 6.07) is 9.63. The van der Waals surface area contributed by atoms with Gasteiger partial charge in [0.05, 0.1) is 17.5 Å². The Labute approximate surface area is 117 Å². The summed E-state index contributed by atoms with van der Waals surface area (Å²) in [5.41, 5.74) is 2.01. The molecule has 4 heteroatoms. The topological polar surface area (TPSA) is 22.1 Å². The zero-order valence-corrected chi connectivity index (χ0v) is 11.4. The average molecular weight is 282 g/mol. The Morgan fingerprint density at radius 2 is 2.17 bits per heavy atom. The maximum Gasteiger partial charge on any atom is 0.119 e. The summed E-state index contributed by atoms with van der Waals surface area (Å²) >= 11 is 12.5. The fourth-order valence-electron chi connectivity index (χ4n) is 1.72. The van der Waals surface area contributed by atoms with Crippen molar-refractivity contribution >= 4 is 23.2 Å². The number of hydrogen-bond donors (Lipinski definition) is 0. The minimum Gasteiger partial charge on any atom is -0.497 e. The first kappa shape index (κ1) is 13.2. The van der Waals surface area contributed by atoms with Gasteiger partial charge in [-0.1, -0.05) is 23.7 Å². The van der Waals surface area contributed by atoms with Gasteiger partial charge in [-0.25, -0.2) is 0 Å². The summed E-state index contributed by atoms with van der Waals surface area (Å²) in [4.78, 5) is 3.96. The second kappa shape index (κ2) is 6.07. The molecule has 2 rings (SSSR count). The van der Waals surface area contributed by atoms with Crippen molar-refractivity contribution in [1.82, 2.24) is 4.98 Å². The van der Waals surface area contributed by atoms with Gasteiger partial charge in [0.15, 0.2) is 0 Å². The molecule has 0 N–H and O–H groups in total. The van der Waals surface area contributed by atoms with Crippen molar-refractivity contribution in [1.29, 1.82) is 0 Å². The summed E-state index contributed by atoms with van der Waals surface area (Å²) in [6.07, 6.45) is 4.01. The maximum atomic E-state index is 6.41. The zero-order valence-electron chi connectivity index (χ0n) is 9.94. The number of hydrogen-bond acceptors (Lipinski definition) is 2. The Kier molecular flexibility index (Phi) is 4.45. The first-order chi connectivity index (χ1) is 8.70. The third kappa shape index (κ3) is 3.15. The summed E-state index contributed by atoms with van der Waals surface area (Å²) in [5.74, 6) is 0.805. The molecule has 2 aromatic rings. The summed E-state index contributed by atoms with van der Waals surface area (Å²) in [5, 5.41) is 0.506. The lowest BCUT2D eigenvalue weighted by molar-refractivity contribution is 0.414. The van der Waals surface area contributed by atoms with E-state index in [1.165, 1.54) is 0 Å². The fourth-order valence-corrected chi connectivity index (χ4v) is 2.22. The van der Waals surface area contributed by atoms with Gasteiger partial charge < -0.3 is 4.74 Å². The minimum absolute atomic E-state index is 0.139. The van der Waals surface area contributed by atoms with Gasteiger partial charge in [0.1, 0.15) is 5.75 Å². The van der Waals surface area contributed by atoms with E-state index in [2.05, 4.69) is 4.98 Å². The largest absolute Gasteiger partial charge is 0.497 e. The van der Waals surface area contributed by atoms with Gasteiger partial charge in [0.25, 0.3) is 0 Å². The maximum absolute atomic E-state index is 6.41. The molecule has 0 spiro atoms. The van der Waals surface area contributed by atoms with Crippen LogP contribution in [0.2, 0.25) is 5.02 Å². The number of pyridine rings is 1. The number of rotatable bonds is 4. The lowest BCUT2D eigenvalue weighted by Gasteiger charge is -2.12. The third-order valence-electron chi connectivity index (χ3n) is 2.71. The van der Waals surface area contributed by atoms with Crippen LogP contribution >= 0.6 is 23.2 Å². The Morgan fingerprint density at radius 3 is 2.89 bits per heavy atom. The van der Waals surface area contributed by atoms with E-state index in [0.717, 1.165) is 16.9 Å². The molecule has 0 saturated heterocycles. The van der Waals surface area contributed by atoms with Crippen LogP contribution in [0.15, 0.2) is 42.7 Å². The van der Waals surface area contributed by atoms with Crippen molar-refractivity contribution in [3.05, 3.63) is 58.9 Å². The predicted octanol–water partition coefficient (Wildman–Crippen LogP) is 4.27. The van der Waals surface area contributed by atoms with Crippen molar-refractivity contribution in [3.63, 3.8) is 0 Å². The smallest absolute Gasteiger partial charge is 0.119 e. The summed E-state index contributed by atoms with van der Waals surface area (Å²) < 4.78 is 5.18. The first-order valence-electron chi connectivity index (χ1n) is 5.57. The minimum atomic E-state index is -0.139. The summed E-state index contributed by atoms with van der Waals surface area (Å²) in [6.45, 7) is 0. The zero-order chi connectivity index (χ0) is 13.0. The molecular formula is C14H13Cl2NO. The lowest BCUT2D eigenvalue weighted by Crippen LogP contribution is -1.97. The van der Waals surface area contributed by atoms with Gasteiger partial charge >= 0.3 is 0 Å². The van der Waals surface area contributed by atoms with Crippen molar-refractivity contribution in [3.8, 4) is 5.75 Å². The monoisotopic (exact) mass is 281 g/mol. The normalized spacial score (nSPS) is 12.2. The number of aromatic nitrogens is 1. The lowest BCUT2D eigenvalue weighted by atomic mass is 10.0. The fraction of sp³-hybridized carbons (Fsp3) is 0.214. The molecule has 0 amide bonds. The van der Waals surface area contributed by atoms with Crippen LogP contribution in [0.25, 0.3) is 0 Å². The highest BCUT2D eigenvalue weighted by Crippen LogP contribution is 2.29. The predicted molar refractivity (Wildman–Crippen MR) is 74.5 cm³/mol. The van der Waals surface area contributed by atoms with E-state index in [4.69, 9.17) is 27.9 Å². The Morgan fingerprint density at radius 1 is 1.33 bits per heavy atom. The van der Waals surface area contributed by atoms with E-state index < -0.39 is 0 Å². The van der Waals surface area contributed by atoms with Crippen LogP contribution in [-0.2, 0) is 6.42 Å². The van der Waals surface area contributed by atoms with Crippen LogP contribution in [0.4, 0.5) is 0 Å². The van der Waals surface area contributed by atoms with Crippen LogP contribution in [0.3, 0.4) is 0 Å². The molecule has 1 atom stereocenters. The highest BCUT2D eigenvalue weighted by molar-refractivity contribution is 6.31. The summed E-state index contributed by atoms with van der Waals surface area (Å²) in [7, 11) is 1.64. The van der Waals surface area contributed by atoms with Gasteiger partial charge in [-0.2, -0.15) is 0 Å². The number of nitrogens with zero attached hydrogens (tertiary/aromatic N) is 1. The standard InChI is InChI=1S/C14H13Cl2NO/c1-18-12-4-2-3-10(7-12)13(15)8-11-5-6-17-9-14(11)16/h2-7,9,13H,8H2,1H3. The number of alkyl halides is 1. The average Bonchev–Trinajstić information content (AvgIpc) is 2.41.